The summed E-state index contributed by atoms with van der Waals surface area (Å²) in [6.45, 7) is 6.34. The molecule has 0 radical (unpaired) electrons. The summed E-state index contributed by atoms with van der Waals surface area (Å²) < 4.78 is 0. The van der Waals surface area contributed by atoms with E-state index in [0.29, 0.717) is 0 Å². The Morgan fingerprint density at radius 3 is 2.53 bits per heavy atom. The van der Waals surface area contributed by atoms with Gasteiger partial charge >= 0.3 is 0 Å². The molecule has 2 rings (SSSR count). The van der Waals surface area contributed by atoms with Crippen LogP contribution in [0.4, 0.5) is 0 Å². The van der Waals surface area contributed by atoms with Gasteiger partial charge in [0, 0.05) is 16.9 Å². The van der Waals surface area contributed by atoms with Gasteiger partial charge in [0.25, 0.3) is 0 Å². The summed E-state index contributed by atoms with van der Waals surface area (Å²) in [6, 6.07) is 5.19. The number of fused-ring (bicyclic) bond motifs is 1. The molecule has 3 nitrogen and oxygen atoms in total. The first-order valence-electron chi connectivity index (χ1n) is 4.93. The van der Waals surface area contributed by atoms with Crippen LogP contribution < -0.4 is 0 Å². The van der Waals surface area contributed by atoms with Gasteiger partial charge < -0.3 is 5.11 Å². The molecule has 78 valence electrons. The molecule has 1 heterocycles. The normalized spacial score (nSPS) is 11.9. The van der Waals surface area contributed by atoms with Crippen molar-refractivity contribution in [2.45, 2.75) is 26.2 Å². The fraction of sp³-hybridized carbons (Fsp3) is 0.333. The summed E-state index contributed by atoms with van der Waals surface area (Å²) >= 11 is 0. The molecule has 0 fully saturated rings. The van der Waals surface area contributed by atoms with E-state index in [1.54, 1.807) is 18.5 Å². The molecule has 0 spiro atoms. The zero-order valence-corrected chi connectivity index (χ0v) is 9.15. The molecule has 0 unspecified atom stereocenters. The molecule has 3 heteroatoms. The Morgan fingerprint density at radius 1 is 1.13 bits per heavy atom. The predicted molar refractivity (Wildman–Crippen MR) is 59.9 cm³/mol. The molecule has 0 bridgehead atoms. The molecule has 0 amide bonds. The lowest BCUT2D eigenvalue weighted by molar-refractivity contribution is 0.476. The summed E-state index contributed by atoms with van der Waals surface area (Å²) in [5.74, 6) is 0.237. The zero-order valence-electron chi connectivity index (χ0n) is 9.15. The molecule has 0 aliphatic rings. The van der Waals surface area contributed by atoms with Gasteiger partial charge in [-0.25, -0.2) is 9.97 Å². The molecule has 0 saturated carbocycles. The van der Waals surface area contributed by atoms with Gasteiger partial charge in [-0.05, 0) is 12.1 Å². The number of nitrogens with zero attached hydrogens (tertiary/aromatic N) is 2. The van der Waals surface area contributed by atoms with E-state index in [4.69, 9.17) is 0 Å². The Labute approximate surface area is 88.8 Å². The highest BCUT2D eigenvalue weighted by atomic mass is 16.3. The Hall–Kier alpha value is -1.64. The minimum absolute atomic E-state index is 0.0157. The van der Waals surface area contributed by atoms with Crippen LogP contribution in [-0.4, -0.2) is 15.1 Å². The highest BCUT2D eigenvalue weighted by Crippen LogP contribution is 2.28. The van der Waals surface area contributed by atoms with Crippen LogP contribution in [0.5, 0.6) is 5.75 Å². The maximum Gasteiger partial charge on any atom is 0.117 e. The third kappa shape index (κ3) is 1.77. The van der Waals surface area contributed by atoms with Crippen molar-refractivity contribution in [3.05, 3.63) is 30.2 Å². The van der Waals surface area contributed by atoms with Gasteiger partial charge in [-0.15, -0.1) is 0 Å². The number of rotatable bonds is 0. The number of benzene rings is 1. The lowest BCUT2D eigenvalue weighted by Gasteiger charge is -2.19. The first-order valence-corrected chi connectivity index (χ1v) is 4.93. The second-order valence-corrected chi connectivity index (χ2v) is 4.67. The largest absolute Gasteiger partial charge is 0.508 e. The third-order valence-corrected chi connectivity index (χ3v) is 2.33. The maximum atomic E-state index is 9.36. The van der Waals surface area contributed by atoms with Gasteiger partial charge in [-0.2, -0.15) is 0 Å². The van der Waals surface area contributed by atoms with Gasteiger partial charge in [0.2, 0.25) is 0 Å². The fourth-order valence-corrected chi connectivity index (χ4v) is 1.64. The molecule has 0 saturated heterocycles. The van der Waals surface area contributed by atoms with Crippen LogP contribution in [0.3, 0.4) is 0 Å². The summed E-state index contributed by atoms with van der Waals surface area (Å²) in [5, 5.41) is 10.4. The molecule has 1 aromatic heterocycles. The van der Waals surface area contributed by atoms with Crippen molar-refractivity contribution in [2.75, 3.05) is 0 Å². The standard InChI is InChI=1S/C12H14N2O/c1-12(2,3)11-9-5-4-8(15)6-10(9)13-7-14-11/h4-7,15H,1-3H3. The maximum absolute atomic E-state index is 9.36. The average molecular weight is 202 g/mol. The molecule has 0 atom stereocenters. The van der Waals surface area contributed by atoms with Gasteiger partial charge in [-0.1, -0.05) is 20.8 Å². The summed E-state index contributed by atoms with van der Waals surface area (Å²) in [7, 11) is 0. The van der Waals surface area contributed by atoms with Crippen molar-refractivity contribution in [3.8, 4) is 5.75 Å². The molecule has 0 aliphatic carbocycles. The van der Waals surface area contributed by atoms with E-state index in [0.717, 1.165) is 16.6 Å². The number of aromatic nitrogens is 2. The van der Waals surface area contributed by atoms with Gasteiger partial charge in [0.05, 0.1) is 11.2 Å². The van der Waals surface area contributed by atoms with Crippen LogP contribution >= 0.6 is 0 Å². The molecule has 1 N–H and O–H groups in total. The van der Waals surface area contributed by atoms with Crippen LogP contribution in [0.2, 0.25) is 0 Å². The van der Waals surface area contributed by atoms with Crippen molar-refractivity contribution >= 4 is 10.9 Å². The molecule has 15 heavy (non-hydrogen) atoms. The first-order chi connectivity index (χ1) is 6.98. The van der Waals surface area contributed by atoms with Crippen LogP contribution in [0.15, 0.2) is 24.5 Å². The van der Waals surface area contributed by atoms with Crippen LogP contribution in [0.25, 0.3) is 10.9 Å². The Balaban J connectivity index is 2.77. The van der Waals surface area contributed by atoms with E-state index in [-0.39, 0.29) is 11.2 Å². The van der Waals surface area contributed by atoms with E-state index in [2.05, 4.69) is 30.7 Å². The first kappa shape index (κ1) is 9.90. The van der Waals surface area contributed by atoms with E-state index in [1.165, 1.54) is 0 Å². The monoisotopic (exact) mass is 202 g/mol. The number of phenolic OH excluding ortho intramolecular Hbond substituents is 1. The van der Waals surface area contributed by atoms with Crippen LogP contribution in [0, 0.1) is 0 Å². The van der Waals surface area contributed by atoms with Crippen molar-refractivity contribution < 1.29 is 5.11 Å². The summed E-state index contributed by atoms with van der Waals surface area (Å²) in [5.41, 5.74) is 1.78. The van der Waals surface area contributed by atoms with E-state index >= 15 is 0 Å². The zero-order chi connectivity index (χ0) is 11.1. The minimum atomic E-state index is -0.0157. The highest BCUT2D eigenvalue weighted by Gasteiger charge is 2.18. The number of hydrogen-bond donors (Lipinski definition) is 1. The van der Waals surface area contributed by atoms with E-state index < -0.39 is 0 Å². The van der Waals surface area contributed by atoms with Crippen molar-refractivity contribution in [2.24, 2.45) is 0 Å². The number of hydrogen-bond acceptors (Lipinski definition) is 3. The molecule has 2 aromatic rings. The molecule has 0 aliphatic heterocycles. The Bertz CT molecular complexity index is 500. The SMILES string of the molecule is CC(C)(C)c1ncnc2cc(O)ccc12. The van der Waals surface area contributed by atoms with E-state index in [9.17, 15) is 5.11 Å². The van der Waals surface area contributed by atoms with Crippen molar-refractivity contribution in [1.82, 2.24) is 9.97 Å². The Morgan fingerprint density at radius 2 is 1.87 bits per heavy atom. The number of phenols is 1. The summed E-state index contributed by atoms with van der Waals surface area (Å²) in [4.78, 5) is 8.46. The van der Waals surface area contributed by atoms with E-state index in [1.807, 2.05) is 6.07 Å². The highest BCUT2D eigenvalue weighted by molar-refractivity contribution is 5.82. The Kier molecular flexibility index (Phi) is 2.11. The predicted octanol–water partition coefficient (Wildman–Crippen LogP) is 2.63. The summed E-state index contributed by atoms with van der Waals surface area (Å²) in [6.07, 6.45) is 1.54. The lowest BCUT2D eigenvalue weighted by atomic mass is 9.89. The van der Waals surface area contributed by atoms with Crippen LogP contribution in [-0.2, 0) is 5.41 Å². The number of aromatic hydroxyl groups is 1. The van der Waals surface area contributed by atoms with Crippen molar-refractivity contribution in [1.29, 1.82) is 0 Å². The van der Waals surface area contributed by atoms with Crippen molar-refractivity contribution in [3.63, 3.8) is 0 Å². The fourth-order valence-electron chi connectivity index (χ4n) is 1.64. The smallest absolute Gasteiger partial charge is 0.117 e. The second kappa shape index (κ2) is 3.19. The topological polar surface area (TPSA) is 46.0 Å². The van der Waals surface area contributed by atoms with Gasteiger partial charge in [0.15, 0.2) is 0 Å². The van der Waals surface area contributed by atoms with Crippen LogP contribution in [0.1, 0.15) is 26.5 Å². The molecule has 1 aromatic carbocycles. The van der Waals surface area contributed by atoms with Gasteiger partial charge in [0.1, 0.15) is 12.1 Å². The average Bonchev–Trinajstić information content (AvgIpc) is 2.15. The lowest BCUT2D eigenvalue weighted by Crippen LogP contribution is -2.14. The third-order valence-electron chi connectivity index (χ3n) is 2.33. The minimum Gasteiger partial charge on any atom is -0.508 e. The molecular formula is C12H14N2O. The quantitative estimate of drug-likeness (QED) is 0.714. The molecular weight excluding hydrogens is 188 g/mol. The van der Waals surface area contributed by atoms with Gasteiger partial charge in [-0.3, -0.25) is 0 Å². The second-order valence-electron chi connectivity index (χ2n) is 4.67.